The van der Waals surface area contributed by atoms with Crippen molar-refractivity contribution in [1.29, 1.82) is 0 Å². The van der Waals surface area contributed by atoms with Crippen molar-refractivity contribution in [2.24, 2.45) is 0 Å². The maximum absolute atomic E-state index is 11.7. The van der Waals surface area contributed by atoms with E-state index >= 15 is 0 Å². The number of benzene rings is 1. The molecule has 1 atom stereocenters. The molecule has 0 fully saturated rings. The summed E-state index contributed by atoms with van der Waals surface area (Å²) in [6.45, 7) is 7.07. The fraction of sp³-hybridized carbons (Fsp3) is 0.500. The van der Waals surface area contributed by atoms with Crippen molar-refractivity contribution in [3.63, 3.8) is 0 Å². The van der Waals surface area contributed by atoms with Crippen molar-refractivity contribution in [3.8, 4) is 0 Å². The van der Waals surface area contributed by atoms with Crippen LogP contribution in [0, 0.1) is 0 Å². The lowest BCUT2D eigenvalue weighted by Gasteiger charge is -2.20. The van der Waals surface area contributed by atoms with Crippen LogP contribution >= 0.6 is 11.6 Å². The number of ether oxygens (including phenoxy) is 1. The van der Waals surface area contributed by atoms with Gasteiger partial charge in [-0.2, -0.15) is 0 Å². The number of rotatable bonds is 3. The molecule has 1 rings (SSSR count). The second-order valence-electron chi connectivity index (χ2n) is 5.48. The Morgan fingerprint density at radius 3 is 2.63 bits per heavy atom. The number of aliphatic hydroxyl groups is 1. The van der Waals surface area contributed by atoms with Gasteiger partial charge in [0.1, 0.15) is 5.60 Å². The molecule has 5 heteroatoms. The van der Waals surface area contributed by atoms with Crippen LogP contribution in [0.2, 0.25) is 5.02 Å². The molecular formula is C14H20ClNO3. The Hall–Kier alpha value is -1.26. The predicted octanol–water partition coefficient (Wildman–Crippen LogP) is 3.61. The molecule has 0 aliphatic carbocycles. The van der Waals surface area contributed by atoms with E-state index < -0.39 is 17.8 Å². The maximum atomic E-state index is 11.7. The van der Waals surface area contributed by atoms with Gasteiger partial charge in [0.15, 0.2) is 0 Å². The largest absolute Gasteiger partial charge is 0.444 e. The molecule has 1 amide bonds. The first-order chi connectivity index (χ1) is 8.67. The first-order valence-corrected chi connectivity index (χ1v) is 6.51. The quantitative estimate of drug-likeness (QED) is 0.892. The van der Waals surface area contributed by atoms with E-state index in [9.17, 15) is 9.90 Å². The van der Waals surface area contributed by atoms with Crippen molar-refractivity contribution in [3.05, 3.63) is 28.8 Å². The summed E-state index contributed by atoms with van der Waals surface area (Å²) in [6, 6.07) is 5.10. The molecule has 2 N–H and O–H groups in total. The van der Waals surface area contributed by atoms with Gasteiger partial charge in [-0.15, -0.1) is 0 Å². The van der Waals surface area contributed by atoms with E-state index in [1.165, 1.54) is 0 Å². The van der Waals surface area contributed by atoms with Gasteiger partial charge in [-0.05, 0) is 51.5 Å². The summed E-state index contributed by atoms with van der Waals surface area (Å²) in [5.41, 5.74) is 0.814. The third-order valence-electron chi connectivity index (χ3n) is 2.22. The maximum Gasteiger partial charge on any atom is 0.412 e. The predicted molar refractivity (Wildman–Crippen MR) is 76.7 cm³/mol. The minimum atomic E-state index is -0.555. The van der Waals surface area contributed by atoms with Crippen LogP contribution in [-0.4, -0.2) is 22.9 Å². The zero-order chi connectivity index (χ0) is 14.6. The Kier molecular flexibility index (Phi) is 5.20. The first kappa shape index (κ1) is 15.8. The summed E-state index contributed by atoms with van der Waals surface area (Å²) >= 11 is 5.92. The summed E-state index contributed by atoms with van der Waals surface area (Å²) in [7, 11) is 0. The topological polar surface area (TPSA) is 58.6 Å². The van der Waals surface area contributed by atoms with Crippen LogP contribution in [0.5, 0.6) is 0 Å². The van der Waals surface area contributed by atoms with Gasteiger partial charge in [0, 0.05) is 17.1 Å². The average molecular weight is 286 g/mol. The van der Waals surface area contributed by atoms with Crippen molar-refractivity contribution < 1.29 is 14.6 Å². The lowest BCUT2D eigenvalue weighted by molar-refractivity contribution is 0.0635. The minimum absolute atomic E-state index is 0.408. The van der Waals surface area contributed by atoms with E-state index in [4.69, 9.17) is 16.3 Å². The number of halogens is 1. The summed E-state index contributed by atoms with van der Waals surface area (Å²) in [4.78, 5) is 11.7. The highest BCUT2D eigenvalue weighted by Gasteiger charge is 2.17. The van der Waals surface area contributed by atoms with Crippen molar-refractivity contribution >= 4 is 23.4 Å². The number of carbonyl (C=O) groups is 1. The van der Waals surface area contributed by atoms with E-state index in [0.717, 1.165) is 5.56 Å². The van der Waals surface area contributed by atoms with E-state index in [-0.39, 0.29) is 0 Å². The van der Waals surface area contributed by atoms with Gasteiger partial charge in [0.2, 0.25) is 0 Å². The lowest BCUT2D eigenvalue weighted by atomic mass is 10.1. The van der Waals surface area contributed by atoms with Crippen LogP contribution in [0.25, 0.3) is 0 Å². The fourth-order valence-corrected chi connectivity index (χ4v) is 1.78. The molecule has 0 aromatic heterocycles. The third kappa shape index (κ3) is 5.94. The van der Waals surface area contributed by atoms with Crippen LogP contribution in [0.15, 0.2) is 18.2 Å². The number of anilines is 1. The molecule has 4 nitrogen and oxygen atoms in total. The Labute approximate surface area is 118 Å². The summed E-state index contributed by atoms with van der Waals surface area (Å²) < 4.78 is 5.19. The molecule has 1 aromatic rings. The zero-order valence-corrected chi connectivity index (χ0v) is 12.4. The molecule has 0 unspecified atom stereocenters. The highest BCUT2D eigenvalue weighted by atomic mass is 35.5. The summed E-state index contributed by atoms with van der Waals surface area (Å²) in [5.74, 6) is 0. The van der Waals surface area contributed by atoms with Crippen molar-refractivity contribution in [1.82, 2.24) is 0 Å². The number of hydrogen-bond acceptors (Lipinski definition) is 3. The third-order valence-corrected chi connectivity index (χ3v) is 2.45. The normalized spacial score (nSPS) is 12.9. The van der Waals surface area contributed by atoms with Gasteiger partial charge in [-0.1, -0.05) is 11.6 Å². The van der Waals surface area contributed by atoms with Gasteiger partial charge in [0.25, 0.3) is 0 Å². The lowest BCUT2D eigenvalue weighted by Crippen LogP contribution is -2.27. The Balaban J connectivity index is 2.85. The second kappa shape index (κ2) is 6.26. The fourth-order valence-electron chi connectivity index (χ4n) is 1.58. The standard InChI is InChI=1S/C14H20ClNO3/c1-9(17)7-10-8-11(15)5-6-12(10)16-13(18)19-14(2,3)4/h5-6,8-9,17H,7H2,1-4H3,(H,16,18)/t9-/m1/s1. The first-order valence-electron chi connectivity index (χ1n) is 6.14. The molecule has 0 heterocycles. The second-order valence-corrected chi connectivity index (χ2v) is 5.92. The number of nitrogens with one attached hydrogen (secondary N) is 1. The SMILES string of the molecule is C[C@@H](O)Cc1cc(Cl)ccc1NC(=O)OC(C)(C)C. The molecule has 1 aromatic carbocycles. The van der Waals surface area contributed by atoms with Crippen LogP contribution in [0.4, 0.5) is 10.5 Å². The van der Waals surface area contributed by atoms with Crippen LogP contribution < -0.4 is 5.32 Å². The molecule has 19 heavy (non-hydrogen) atoms. The number of aliphatic hydroxyl groups excluding tert-OH is 1. The molecule has 0 aliphatic heterocycles. The van der Waals surface area contributed by atoms with Gasteiger partial charge in [-0.25, -0.2) is 4.79 Å². The van der Waals surface area contributed by atoms with Crippen molar-refractivity contribution in [2.45, 2.75) is 45.8 Å². The summed E-state index contributed by atoms with van der Waals surface area (Å²) in [5, 5.41) is 12.7. The molecule has 0 bridgehead atoms. The number of hydrogen-bond donors (Lipinski definition) is 2. The Morgan fingerprint density at radius 2 is 2.11 bits per heavy atom. The van der Waals surface area contributed by atoms with Gasteiger partial charge >= 0.3 is 6.09 Å². The van der Waals surface area contributed by atoms with Crippen LogP contribution in [-0.2, 0) is 11.2 Å². The van der Waals surface area contributed by atoms with E-state index in [2.05, 4.69) is 5.32 Å². The molecule has 0 radical (unpaired) electrons. The molecule has 0 saturated carbocycles. The van der Waals surface area contributed by atoms with E-state index in [1.807, 2.05) is 0 Å². The Morgan fingerprint density at radius 1 is 1.47 bits per heavy atom. The minimum Gasteiger partial charge on any atom is -0.444 e. The highest BCUT2D eigenvalue weighted by molar-refractivity contribution is 6.30. The smallest absolute Gasteiger partial charge is 0.412 e. The van der Waals surface area contributed by atoms with Crippen LogP contribution in [0.3, 0.4) is 0 Å². The van der Waals surface area contributed by atoms with E-state index in [0.29, 0.717) is 17.1 Å². The molecule has 0 spiro atoms. The van der Waals surface area contributed by atoms with E-state index in [1.54, 1.807) is 45.9 Å². The molecular weight excluding hydrogens is 266 g/mol. The van der Waals surface area contributed by atoms with Gasteiger partial charge < -0.3 is 9.84 Å². The molecule has 106 valence electrons. The van der Waals surface area contributed by atoms with Crippen molar-refractivity contribution in [2.75, 3.05) is 5.32 Å². The Bertz CT molecular complexity index is 452. The monoisotopic (exact) mass is 285 g/mol. The summed E-state index contributed by atoms with van der Waals surface area (Å²) in [6.07, 6.45) is -0.634. The number of carbonyl (C=O) groups excluding carboxylic acids is 1. The average Bonchev–Trinajstić information content (AvgIpc) is 2.18. The molecule has 0 aliphatic rings. The van der Waals surface area contributed by atoms with Gasteiger partial charge in [0.05, 0.1) is 6.10 Å². The zero-order valence-electron chi connectivity index (χ0n) is 11.7. The van der Waals surface area contributed by atoms with Crippen LogP contribution in [0.1, 0.15) is 33.3 Å². The van der Waals surface area contributed by atoms with Gasteiger partial charge in [-0.3, -0.25) is 5.32 Å². The number of amides is 1. The molecule has 0 saturated heterocycles. The highest BCUT2D eigenvalue weighted by Crippen LogP contribution is 2.23.